The van der Waals surface area contributed by atoms with Gasteiger partial charge < -0.3 is 19.9 Å². The molecule has 176 valence electrons. The molecule has 0 bridgehead atoms. The van der Waals surface area contributed by atoms with Crippen molar-refractivity contribution >= 4 is 39.9 Å². The van der Waals surface area contributed by atoms with Crippen molar-refractivity contribution in [2.75, 3.05) is 19.0 Å². The van der Waals surface area contributed by atoms with Crippen molar-refractivity contribution in [2.45, 2.75) is 58.5 Å². The summed E-state index contributed by atoms with van der Waals surface area (Å²) in [5, 5.41) is 8.92. The molecule has 2 heterocycles. The lowest BCUT2D eigenvalue weighted by molar-refractivity contribution is -0.120. The molecular formula is C24H31N5O3S. The standard InChI is InChI=1S/C24H31N5O3S/c1-15-13-33-24(26-15)16(2)27-23(31)19-11-18(28-22(30)17-7-5-4-6-8-17)12-20-21(19)29(14-25-20)9-10-32-3/h11-14,16-17H,4-10H2,1-3H3,(H,27,31)(H,28,30)/t16-/m0/s1. The summed E-state index contributed by atoms with van der Waals surface area (Å²) in [7, 11) is 1.64. The summed E-state index contributed by atoms with van der Waals surface area (Å²) >= 11 is 1.52. The van der Waals surface area contributed by atoms with Crippen LogP contribution in [-0.2, 0) is 16.1 Å². The number of fused-ring (bicyclic) bond motifs is 1. The Kier molecular flexibility index (Phi) is 7.39. The molecule has 1 fully saturated rings. The van der Waals surface area contributed by atoms with Crippen molar-refractivity contribution in [3.8, 4) is 0 Å². The van der Waals surface area contributed by atoms with Crippen LogP contribution in [0.2, 0.25) is 0 Å². The largest absolute Gasteiger partial charge is 0.383 e. The van der Waals surface area contributed by atoms with E-state index < -0.39 is 0 Å². The van der Waals surface area contributed by atoms with Gasteiger partial charge in [0.2, 0.25) is 5.91 Å². The summed E-state index contributed by atoms with van der Waals surface area (Å²) < 4.78 is 7.13. The van der Waals surface area contributed by atoms with E-state index in [1.165, 1.54) is 17.8 Å². The molecule has 0 radical (unpaired) electrons. The number of methoxy groups -OCH3 is 1. The van der Waals surface area contributed by atoms with Crippen LogP contribution < -0.4 is 10.6 Å². The van der Waals surface area contributed by atoms with Crippen LogP contribution in [0.1, 0.15) is 66.1 Å². The second-order valence-electron chi connectivity index (χ2n) is 8.67. The topological polar surface area (TPSA) is 98.1 Å². The SMILES string of the molecule is COCCn1cnc2cc(NC(=O)C3CCCCC3)cc(C(=O)N[C@@H](C)c3nc(C)cs3)c21. The first-order chi connectivity index (χ1) is 16.0. The second kappa shape index (κ2) is 10.4. The van der Waals surface area contributed by atoms with Gasteiger partial charge in [-0.2, -0.15) is 0 Å². The summed E-state index contributed by atoms with van der Waals surface area (Å²) in [6, 6.07) is 3.36. The number of imidazole rings is 1. The molecule has 1 aliphatic rings. The lowest BCUT2D eigenvalue weighted by atomic mass is 9.88. The van der Waals surface area contributed by atoms with Crippen LogP contribution in [0.5, 0.6) is 0 Å². The molecule has 0 unspecified atom stereocenters. The number of rotatable bonds is 8. The summed E-state index contributed by atoms with van der Waals surface area (Å²) in [4.78, 5) is 35.2. The third-order valence-electron chi connectivity index (χ3n) is 6.09. The highest BCUT2D eigenvalue weighted by Crippen LogP contribution is 2.28. The van der Waals surface area contributed by atoms with E-state index >= 15 is 0 Å². The predicted octanol–water partition coefficient (Wildman–Crippen LogP) is 4.46. The summed E-state index contributed by atoms with van der Waals surface area (Å²) in [6.45, 7) is 4.93. The van der Waals surface area contributed by atoms with E-state index in [0.717, 1.165) is 41.9 Å². The van der Waals surface area contributed by atoms with E-state index in [1.54, 1.807) is 19.5 Å². The number of carbonyl (C=O) groups is 2. The number of benzene rings is 1. The van der Waals surface area contributed by atoms with Crippen molar-refractivity contribution in [1.82, 2.24) is 19.9 Å². The van der Waals surface area contributed by atoms with Gasteiger partial charge in [-0.05, 0) is 38.8 Å². The lowest BCUT2D eigenvalue weighted by Gasteiger charge is -2.21. The number of hydrogen-bond acceptors (Lipinski definition) is 6. The maximum Gasteiger partial charge on any atom is 0.254 e. The smallest absolute Gasteiger partial charge is 0.254 e. The number of carbonyl (C=O) groups excluding carboxylic acids is 2. The van der Waals surface area contributed by atoms with Crippen molar-refractivity contribution in [1.29, 1.82) is 0 Å². The first-order valence-corrected chi connectivity index (χ1v) is 12.4. The van der Waals surface area contributed by atoms with Crippen molar-refractivity contribution in [3.05, 3.63) is 40.1 Å². The molecule has 0 saturated heterocycles. The van der Waals surface area contributed by atoms with Crippen LogP contribution in [0.15, 0.2) is 23.8 Å². The zero-order chi connectivity index (χ0) is 23.4. The molecule has 1 saturated carbocycles. The van der Waals surface area contributed by atoms with E-state index in [1.807, 2.05) is 29.9 Å². The van der Waals surface area contributed by atoms with Crippen LogP contribution in [0.3, 0.4) is 0 Å². The number of anilines is 1. The monoisotopic (exact) mass is 469 g/mol. The third kappa shape index (κ3) is 5.42. The van der Waals surface area contributed by atoms with Crippen molar-refractivity contribution < 1.29 is 14.3 Å². The fraction of sp³-hybridized carbons (Fsp3) is 0.500. The second-order valence-corrected chi connectivity index (χ2v) is 9.56. The summed E-state index contributed by atoms with van der Waals surface area (Å²) in [5.41, 5.74) is 3.39. The number of aromatic nitrogens is 3. The van der Waals surface area contributed by atoms with Crippen LogP contribution in [0, 0.1) is 12.8 Å². The van der Waals surface area contributed by atoms with E-state index in [4.69, 9.17) is 4.74 Å². The molecule has 4 rings (SSSR count). The number of nitrogens with zero attached hydrogens (tertiary/aromatic N) is 3. The zero-order valence-electron chi connectivity index (χ0n) is 19.4. The lowest BCUT2D eigenvalue weighted by Crippen LogP contribution is -2.28. The number of nitrogens with one attached hydrogen (secondary N) is 2. The molecular weight excluding hydrogens is 438 g/mol. The van der Waals surface area contributed by atoms with Crippen LogP contribution in [0.25, 0.3) is 11.0 Å². The van der Waals surface area contributed by atoms with Gasteiger partial charge in [-0.1, -0.05) is 19.3 Å². The minimum absolute atomic E-state index is 0.0193. The highest BCUT2D eigenvalue weighted by Gasteiger charge is 2.23. The maximum atomic E-state index is 13.4. The van der Waals surface area contributed by atoms with Crippen molar-refractivity contribution in [3.63, 3.8) is 0 Å². The Bertz CT molecular complexity index is 1130. The quantitative estimate of drug-likeness (QED) is 0.508. The van der Waals surface area contributed by atoms with Gasteiger partial charge in [-0.3, -0.25) is 9.59 Å². The van der Waals surface area contributed by atoms with Gasteiger partial charge in [-0.15, -0.1) is 11.3 Å². The molecule has 9 heteroatoms. The molecule has 0 spiro atoms. The number of hydrogen-bond donors (Lipinski definition) is 2. The minimum Gasteiger partial charge on any atom is -0.383 e. The normalized spacial score (nSPS) is 15.5. The molecule has 3 aromatic rings. The average molecular weight is 470 g/mol. The maximum absolute atomic E-state index is 13.4. The number of aryl methyl sites for hydroxylation is 1. The van der Waals surface area contributed by atoms with Gasteiger partial charge in [0.15, 0.2) is 0 Å². The molecule has 2 N–H and O–H groups in total. The molecule has 2 aromatic heterocycles. The first-order valence-electron chi connectivity index (χ1n) is 11.5. The Hall–Kier alpha value is -2.78. The Balaban J connectivity index is 1.64. The van der Waals surface area contributed by atoms with E-state index in [9.17, 15) is 9.59 Å². The highest BCUT2D eigenvalue weighted by atomic mass is 32.1. The van der Waals surface area contributed by atoms with Crippen LogP contribution >= 0.6 is 11.3 Å². The van der Waals surface area contributed by atoms with Gasteiger partial charge in [0.25, 0.3) is 5.91 Å². The minimum atomic E-state index is -0.234. The van der Waals surface area contributed by atoms with Gasteiger partial charge >= 0.3 is 0 Å². The van der Waals surface area contributed by atoms with E-state index in [-0.39, 0.29) is 23.8 Å². The third-order valence-corrected chi connectivity index (χ3v) is 7.24. The molecule has 1 aliphatic carbocycles. The highest BCUT2D eigenvalue weighted by molar-refractivity contribution is 7.09. The summed E-state index contributed by atoms with van der Waals surface area (Å²) in [6.07, 6.45) is 6.90. The Morgan fingerprint density at radius 2 is 2.06 bits per heavy atom. The average Bonchev–Trinajstić information content (AvgIpc) is 3.43. The molecule has 2 amide bonds. The van der Waals surface area contributed by atoms with Gasteiger partial charge in [0.05, 0.1) is 35.6 Å². The number of amides is 2. The zero-order valence-corrected chi connectivity index (χ0v) is 20.2. The molecule has 33 heavy (non-hydrogen) atoms. The van der Waals surface area contributed by atoms with E-state index in [2.05, 4.69) is 20.6 Å². The Morgan fingerprint density at radius 1 is 1.27 bits per heavy atom. The molecule has 0 aliphatic heterocycles. The van der Waals surface area contributed by atoms with Crippen LogP contribution in [-0.4, -0.2) is 40.1 Å². The molecule has 8 nitrogen and oxygen atoms in total. The number of ether oxygens (including phenoxy) is 1. The Labute approximate surface area is 197 Å². The molecule has 1 atom stereocenters. The van der Waals surface area contributed by atoms with Crippen LogP contribution in [0.4, 0.5) is 5.69 Å². The first kappa shape index (κ1) is 23.4. The van der Waals surface area contributed by atoms with Gasteiger partial charge in [0, 0.05) is 36.3 Å². The number of thiazole rings is 1. The Morgan fingerprint density at radius 3 is 2.76 bits per heavy atom. The van der Waals surface area contributed by atoms with Crippen molar-refractivity contribution in [2.24, 2.45) is 5.92 Å². The van der Waals surface area contributed by atoms with Gasteiger partial charge in [0.1, 0.15) is 5.01 Å². The molecule has 1 aromatic carbocycles. The summed E-state index contributed by atoms with van der Waals surface area (Å²) in [5.74, 6) is -0.182. The fourth-order valence-electron chi connectivity index (χ4n) is 4.33. The van der Waals surface area contributed by atoms with Gasteiger partial charge in [-0.25, -0.2) is 9.97 Å². The van der Waals surface area contributed by atoms with E-state index in [0.29, 0.717) is 29.9 Å². The fourth-order valence-corrected chi connectivity index (χ4v) is 5.13. The predicted molar refractivity (Wildman–Crippen MR) is 130 cm³/mol.